The summed E-state index contributed by atoms with van der Waals surface area (Å²) in [6, 6.07) is 6.48. The van der Waals surface area contributed by atoms with Gasteiger partial charge in [-0.3, -0.25) is 9.59 Å². The SMILES string of the molecule is CCC1(CC)CN(C(=O)[C@H]2CCC(=O)N(Cc3ccccc3F)C2)CCO1. The van der Waals surface area contributed by atoms with E-state index in [1.165, 1.54) is 6.07 Å². The molecule has 2 saturated heterocycles. The molecule has 2 aliphatic heterocycles. The summed E-state index contributed by atoms with van der Waals surface area (Å²) in [5, 5.41) is 0. The highest BCUT2D eigenvalue weighted by Crippen LogP contribution is 2.28. The number of carbonyl (C=O) groups is 2. The van der Waals surface area contributed by atoms with Gasteiger partial charge in [-0.2, -0.15) is 0 Å². The van der Waals surface area contributed by atoms with Crippen LogP contribution in [0.3, 0.4) is 0 Å². The molecule has 5 nitrogen and oxygen atoms in total. The van der Waals surface area contributed by atoms with E-state index < -0.39 is 0 Å². The number of likely N-dealkylation sites (tertiary alicyclic amines) is 1. The number of rotatable bonds is 5. The Bertz CT molecular complexity index is 690. The van der Waals surface area contributed by atoms with Gasteiger partial charge in [-0.15, -0.1) is 0 Å². The van der Waals surface area contributed by atoms with Gasteiger partial charge < -0.3 is 14.5 Å². The number of morpholine rings is 1. The van der Waals surface area contributed by atoms with E-state index in [-0.39, 0.29) is 35.7 Å². The van der Waals surface area contributed by atoms with E-state index >= 15 is 0 Å². The number of amides is 2. The van der Waals surface area contributed by atoms with Gasteiger partial charge >= 0.3 is 0 Å². The van der Waals surface area contributed by atoms with Crippen molar-refractivity contribution in [2.24, 2.45) is 5.92 Å². The largest absolute Gasteiger partial charge is 0.371 e. The van der Waals surface area contributed by atoms with Crippen molar-refractivity contribution in [1.82, 2.24) is 9.80 Å². The Morgan fingerprint density at radius 1 is 1.30 bits per heavy atom. The lowest BCUT2D eigenvalue weighted by Gasteiger charge is -2.44. The molecule has 1 aromatic rings. The van der Waals surface area contributed by atoms with Crippen LogP contribution in [0.25, 0.3) is 0 Å². The summed E-state index contributed by atoms with van der Waals surface area (Å²) in [6.45, 7) is 6.51. The van der Waals surface area contributed by atoms with E-state index in [1.807, 2.05) is 4.90 Å². The van der Waals surface area contributed by atoms with Gasteiger partial charge in [0.1, 0.15) is 5.82 Å². The molecule has 0 aliphatic carbocycles. The third kappa shape index (κ3) is 4.32. The Morgan fingerprint density at radius 2 is 2.04 bits per heavy atom. The Hall–Kier alpha value is -1.95. The molecule has 0 saturated carbocycles. The van der Waals surface area contributed by atoms with Crippen molar-refractivity contribution in [3.05, 3.63) is 35.6 Å². The number of halogens is 1. The fraction of sp³-hybridized carbons (Fsp3) is 0.619. The van der Waals surface area contributed by atoms with Crippen LogP contribution in [-0.2, 0) is 20.9 Å². The second-order valence-corrected chi connectivity index (χ2v) is 7.60. The van der Waals surface area contributed by atoms with Gasteiger partial charge in [0.25, 0.3) is 0 Å². The lowest BCUT2D eigenvalue weighted by atomic mass is 9.92. The third-order valence-electron chi connectivity index (χ3n) is 6.02. The summed E-state index contributed by atoms with van der Waals surface area (Å²) >= 11 is 0. The number of nitrogens with zero attached hydrogens (tertiary/aromatic N) is 2. The van der Waals surface area contributed by atoms with Crippen LogP contribution in [0.2, 0.25) is 0 Å². The predicted octanol–water partition coefficient (Wildman–Crippen LogP) is 2.98. The fourth-order valence-electron chi connectivity index (χ4n) is 4.07. The van der Waals surface area contributed by atoms with E-state index in [4.69, 9.17) is 4.74 Å². The maximum Gasteiger partial charge on any atom is 0.227 e. The molecule has 0 radical (unpaired) electrons. The van der Waals surface area contributed by atoms with Crippen LogP contribution in [0.4, 0.5) is 4.39 Å². The molecule has 3 rings (SSSR count). The summed E-state index contributed by atoms with van der Waals surface area (Å²) in [4.78, 5) is 28.9. The molecule has 0 bridgehead atoms. The third-order valence-corrected chi connectivity index (χ3v) is 6.02. The first-order chi connectivity index (χ1) is 13.0. The average Bonchev–Trinajstić information content (AvgIpc) is 2.70. The molecule has 27 heavy (non-hydrogen) atoms. The van der Waals surface area contributed by atoms with Gasteiger partial charge in [-0.1, -0.05) is 32.0 Å². The van der Waals surface area contributed by atoms with Gasteiger partial charge in [-0.25, -0.2) is 4.39 Å². The van der Waals surface area contributed by atoms with Crippen molar-refractivity contribution in [1.29, 1.82) is 0 Å². The van der Waals surface area contributed by atoms with Crippen LogP contribution in [0, 0.1) is 11.7 Å². The lowest BCUT2D eigenvalue weighted by Crippen LogP contribution is -2.56. The fourth-order valence-corrected chi connectivity index (χ4v) is 4.07. The van der Waals surface area contributed by atoms with E-state index in [1.54, 1.807) is 23.1 Å². The van der Waals surface area contributed by atoms with E-state index in [2.05, 4.69) is 13.8 Å². The minimum atomic E-state index is -0.317. The van der Waals surface area contributed by atoms with E-state index in [9.17, 15) is 14.0 Å². The van der Waals surface area contributed by atoms with Crippen molar-refractivity contribution in [3.8, 4) is 0 Å². The van der Waals surface area contributed by atoms with Crippen molar-refractivity contribution >= 4 is 11.8 Å². The van der Waals surface area contributed by atoms with Crippen LogP contribution >= 0.6 is 0 Å². The minimum absolute atomic E-state index is 0.0132. The summed E-state index contributed by atoms with van der Waals surface area (Å²) in [6.07, 6.45) is 2.64. The normalized spacial score (nSPS) is 22.8. The molecule has 0 N–H and O–H groups in total. The Kier molecular flexibility index (Phi) is 6.15. The number of carbonyl (C=O) groups excluding carboxylic acids is 2. The molecule has 0 unspecified atom stereocenters. The number of ether oxygens (including phenoxy) is 1. The van der Waals surface area contributed by atoms with Crippen molar-refractivity contribution < 1.29 is 18.7 Å². The Balaban J connectivity index is 1.67. The lowest BCUT2D eigenvalue weighted by molar-refractivity contribution is -0.158. The minimum Gasteiger partial charge on any atom is -0.371 e. The van der Waals surface area contributed by atoms with Crippen LogP contribution in [0.1, 0.15) is 45.1 Å². The standard InChI is InChI=1S/C21H29FN2O3/c1-3-21(4-2)15-23(11-12-27-21)20(26)17-9-10-19(25)24(14-17)13-16-7-5-6-8-18(16)22/h5-8,17H,3-4,9-15H2,1-2H3/t17-/m0/s1. The number of piperidine rings is 1. The van der Waals surface area contributed by atoms with Gasteiger partial charge in [0, 0.05) is 38.2 Å². The van der Waals surface area contributed by atoms with Crippen LogP contribution in [0.15, 0.2) is 24.3 Å². The zero-order chi connectivity index (χ0) is 19.4. The quantitative estimate of drug-likeness (QED) is 0.794. The highest BCUT2D eigenvalue weighted by molar-refractivity contribution is 5.84. The zero-order valence-electron chi connectivity index (χ0n) is 16.2. The molecule has 148 valence electrons. The van der Waals surface area contributed by atoms with Gasteiger partial charge in [0.05, 0.1) is 18.1 Å². The van der Waals surface area contributed by atoms with Gasteiger partial charge in [0.15, 0.2) is 0 Å². The number of hydrogen-bond donors (Lipinski definition) is 0. The molecular weight excluding hydrogens is 347 g/mol. The van der Waals surface area contributed by atoms with Crippen LogP contribution in [-0.4, -0.2) is 53.5 Å². The van der Waals surface area contributed by atoms with Crippen molar-refractivity contribution in [2.45, 2.75) is 51.7 Å². The topological polar surface area (TPSA) is 49.9 Å². The van der Waals surface area contributed by atoms with Crippen LogP contribution in [0.5, 0.6) is 0 Å². The zero-order valence-corrected chi connectivity index (χ0v) is 16.2. The molecule has 6 heteroatoms. The molecule has 2 fully saturated rings. The first-order valence-electron chi connectivity index (χ1n) is 9.92. The molecule has 0 aromatic heterocycles. The summed E-state index contributed by atoms with van der Waals surface area (Å²) in [7, 11) is 0. The molecule has 2 amide bonds. The highest BCUT2D eigenvalue weighted by Gasteiger charge is 2.39. The molecule has 2 heterocycles. The highest BCUT2D eigenvalue weighted by atomic mass is 19.1. The maximum absolute atomic E-state index is 14.0. The number of benzene rings is 1. The smallest absolute Gasteiger partial charge is 0.227 e. The average molecular weight is 376 g/mol. The first-order valence-corrected chi connectivity index (χ1v) is 9.92. The van der Waals surface area contributed by atoms with Crippen LogP contribution < -0.4 is 0 Å². The summed E-state index contributed by atoms with van der Waals surface area (Å²) < 4.78 is 19.9. The Morgan fingerprint density at radius 3 is 2.74 bits per heavy atom. The van der Waals surface area contributed by atoms with E-state index in [0.717, 1.165) is 12.8 Å². The van der Waals surface area contributed by atoms with Gasteiger partial charge in [-0.05, 0) is 25.3 Å². The van der Waals surface area contributed by atoms with Crippen molar-refractivity contribution in [3.63, 3.8) is 0 Å². The predicted molar refractivity (Wildman–Crippen MR) is 100 cm³/mol. The maximum atomic E-state index is 14.0. The van der Waals surface area contributed by atoms with Gasteiger partial charge in [0.2, 0.25) is 11.8 Å². The second-order valence-electron chi connectivity index (χ2n) is 7.60. The first kappa shape index (κ1) is 19.8. The van der Waals surface area contributed by atoms with E-state index in [0.29, 0.717) is 44.6 Å². The summed E-state index contributed by atoms with van der Waals surface area (Å²) in [5.74, 6) is -0.460. The molecule has 2 aliphatic rings. The molecular formula is C21H29FN2O3. The second kappa shape index (κ2) is 8.38. The molecule has 1 aromatic carbocycles. The monoisotopic (exact) mass is 376 g/mol. The molecule has 1 atom stereocenters. The Labute approximate surface area is 160 Å². The molecule has 0 spiro atoms. The summed E-state index contributed by atoms with van der Waals surface area (Å²) in [5.41, 5.74) is 0.229. The number of hydrogen-bond acceptors (Lipinski definition) is 3. The van der Waals surface area contributed by atoms with Crippen molar-refractivity contribution in [2.75, 3.05) is 26.2 Å².